The van der Waals surface area contributed by atoms with Gasteiger partial charge in [-0.2, -0.15) is 0 Å². The average molecular weight is 385 g/mol. The molecule has 2 N–H and O–H groups in total. The third kappa shape index (κ3) is 4.72. The fourth-order valence-corrected chi connectivity index (χ4v) is 4.07. The summed E-state index contributed by atoms with van der Waals surface area (Å²) in [6, 6.07) is 11.1. The van der Waals surface area contributed by atoms with Gasteiger partial charge in [0.1, 0.15) is 17.5 Å². The molecule has 0 unspecified atom stereocenters. The molecule has 27 heavy (non-hydrogen) atoms. The van der Waals surface area contributed by atoms with E-state index in [0.717, 1.165) is 16.9 Å². The average Bonchev–Trinajstić information content (AvgIpc) is 3.15. The highest BCUT2D eigenvalue weighted by Gasteiger charge is 2.16. The first-order valence-electron chi connectivity index (χ1n) is 8.65. The van der Waals surface area contributed by atoms with Crippen LogP contribution in [0.1, 0.15) is 17.0 Å². The maximum Gasteiger partial charge on any atom is 0.240 e. The number of anilines is 1. The molecule has 0 spiro atoms. The molecule has 2 aromatic heterocycles. The van der Waals surface area contributed by atoms with Crippen LogP contribution in [-0.4, -0.2) is 36.0 Å². The highest BCUT2D eigenvalue weighted by Crippen LogP contribution is 2.16. The topological polar surface area (TPSA) is 88.9 Å². The van der Waals surface area contributed by atoms with Gasteiger partial charge in [0.05, 0.1) is 4.90 Å². The van der Waals surface area contributed by atoms with Crippen LogP contribution >= 0.6 is 0 Å². The van der Waals surface area contributed by atoms with Crippen molar-refractivity contribution in [3.05, 3.63) is 65.7 Å². The highest BCUT2D eigenvalue weighted by molar-refractivity contribution is 7.89. The Bertz CT molecular complexity index is 1030. The number of hydrogen-bond donors (Lipinski definition) is 2. The lowest BCUT2D eigenvalue weighted by Crippen LogP contribution is -2.29. The second-order valence-electron chi connectivity index (χ2n) is 6.34. The van der Waals surface area contributed by atoms with Gasteiger partial charge >= 0.3 is 0 Å². The van der Waals surface area contributed by atoms with Crippen LogP contribution < -0.4 is 10.0 Å². The quantitative estimate of drug-likeness (QED) is 0.610. The van der Waals surface area contributed by atoms with Crippen molar-refractivity contribution >= 4 is 15.8 Å². The van der Waals surface area contributed by atoms with E-state index < -0.39 is 10.0 Å². The first kappa shape index (κ1) is 19.1. The monoisotopic (exact) mass is 385 g/mol. The zero-order valence-corrected chi connectivity index (χ0v) is 16.4. The molecule has 8 heteroatoms. The second kappa shape index (κ2) is 7.89. The molecule has 0 aliphatic carbocycles. The summed E-state index contributed by atoms with van der Waals surface area (Å²) in [7, 11) is -3.55. The molecule has 0 aliphatic rings. The summed E-state index contributed by atoms with van der Waals surface area (Å²) in [5, 5.41) is 3.15. The van der Waals surface area contributed by atoms with E-state index in [1.165, 1.54) is 0 Å². The van der Waals surface area contributed by atoms with Gasteiger partial charge in [0.25, 0.3) is 0 Å². The summed E-state index contributed by atoms with van der Waals surface area (Å²) in [6.45, 7) is 6.14. The van der Waals surface area contributed by atoms with Gasteiger partial charge in [-0.15, -0.1) is 0 Å². The van der Waals surface area contributed by atoms with Gasteiger partial charge in [0.15, 0.2) is 0 Å². The largest absolute Gasteiger partial charge is 0.369 e. The van der Waals surface area contributed by atoms with Gasteiger partial charge in [-0.05, 0) is 50.1 Å². The fraction of sp³-hybridized carbons (Fsp3) is 0.263. The SMILES string of the molecule is Cc1ccc(C)c(S(=O)(=O)NCCNc2cc(-n3cccc3)nc(C)n2)c1. The van der Waals surface area contributed by atoms with Crippen molar-refractivity contribution in [2.75, 3.05) is 18.4 Å². The van der Waals surface area contributed by atoms with Crippen molar-refractivity contribution in [1.82, 2.24) is 19.3 Å². The van der Waals surface area contributed by atoms with Crippen molar-refractivity contribution in [1.29, 1.82) is 0 Å². The van der Waals surface area contributed by atoms with E-state index in [9.17, 15) is 8.42 Å². The number of nitrogens with one attached hydrogen (secondary N) is 2. The minimum Gasteiger partial charge on any atom is -0.369 e. The van der Waals surface area contributed by atoms with Gasteiger partial charge in [0, 0.05) is 31.5 Å². The number of hydrogen-bond acceptors (Lipinski definition) is 5. The number of aryl methyl sites for hydroxylation is 3. The Morgan fingerprint density at radius 3 is 2.48 bits per heavy atom. The van der Waals surface area contributed by atoms with Crippen LogP contribution in [0.3, 0.4) is 0 Å². The lowest BCUT2D eigenvalue weighted by atomic mass is 10.2. The summed E-state index contributed by atoms with van der Waals surface area (Å²) in [5.41, 5.74) is 1.64. The van der Waals surface area contributed by atoms with Crippen molar-refractivity contribution in [3.63, 3.8) is 0 Å². The summed E-state index contributed by atoms with van der Waals surface area (Å²) in [4.78, 5) is 9.07. The third-order valence-corrected chi connectivity index (χ3v) is 5.65. The number of aromatic nitrogens is 3. The number of rotatable bonds is 7. The highest BCUT2D eigenvalue weighted by atomic mass is 32.2. The first-order chi connectivity index (χ1) is 12.8. The molecule has 7 nitrogen and oxygen atoms in total. The lowest BCUT2D eigenvalue weighted by molar-refractivity contribution is 0.582. The van der Waals surface area contributed by atoms with Crippen LogP contribution in [0.25, 0.3) is 5.82 Å². The predicted octanol–water partition coefficient (Wildman–Crippen LogP) is 2.58. The van der Waals surface area contributed by atoms with Gasteiger partial charge in [-0.1, -0.05) is 12.1 Å². The molecule has 3 rings (SSSR count). The Labute approximate surface area is 159 Å². The van der Waals surface area contributed by atoms with E-state index in [0.29, 0.717) is 23.1 Å². The molecule has 0 bridgehead atoms. The van der Waals surface area contributed by atoms with Gasteiger partial charge in [0.2, 0.25) is 10.0 Å². The van der Waals surface area contributed by atoms with Crippen LogP contribution in [0.5, 0.6) is 0 Å². The summed E-state index contributed by atoms with van der Waals surface area (Å²) in [6.07, 6.45) is 3.81. The van der Waals surface area contributed by atoms with Gasteiger partial charge < -0.3 is 9.88 Å². The summed E-state index contributed by atoms with van der Waals surface area (Å²) < 4.78 is 29.5. The maximum atomic E-state index is 12.5. The molecular weight excluding hydrogens is 362 g/mol. The third-order valence-electron chi connectivity index (χ3n) is 4.05. The Morgan fingerprint density at radius 1 is 1.00 bits per heavy atom. The molecule has 2 heterocycles. The number of benzene rings is 1. The van der Waals surface area contributed by atoms with Crippen molar-refractivity contribution < 1.29 is 8.42 Å². The maximum absolute atomic E-state index is 12.5. The van der Waals surface area contributed by atoms with Gasteiger partial charge in [-0.3, -0.25) is 0 Å². The first-order valence-corrected chi connectivity index (χ1v) is 10.1. The number of sulfonamides is 1. The molecule has 142 valence electrons. The van der Waals surface area contributed by atoms with E-state index in [1.54, 1.807) is 13.0 Å². The Hall–Kier alpha value is -2.71. The zero-order valence-electron chi connectivity index (χ0n) is 15.6. The van der Waals surface area contributed by atoms with Gasteiger partial charge in [-0.25, -0.2) is 23.1 Å². The van der Waals surface area contributed by atoms with Crippen molar-refractivity contribution in [2.24, 2.45) is 0 Å². The molecule has 0 fully saturated rings. The Kier molecular flexibility index (Phi) is 5.57. The lowest BCUT2D eigenvalue weighted by Gasteiger charge is -2.12. The fourth-order valence-electron chi connectivity index (χ4n) is 2.71. The van der Waals surface area contributed by atoms with E-state index in [4.69, 9.17) is 0 Å². The van der Waals surface area contributed by atoms with Crippen LogP contribution in [0.15, 0.2) is 53.7 Å². The van der Waals surface area contributed by atoms with E-state index in [1.807, 2.05) is 61.1 Å². The molecule has 0 saturated heterocycles. The molecule has 1 aromatic carbocycles. The van der Waals surface area contributed by atoms with Crippen molar-refractivity contribution in [2.45, 2.75) is 25.7 Å². The minimum absolute atomic E-state index is 0.248. The zero-order chi connectivity index (χ0) is 19.4. The standard InChI is InChI=1S/C19H23N5O2S/c1-14-6-7-15(2)17(12-14)27(25,26)21-9-8-20-18-13-19(23-16(3)22-18)24-10-4-5-11-24/h4-7,10-13,21H,8-9H2,1-3H3,(H,20,22,23). The molecule has 0 amide bonds. The van der Waals surface area contributed by atoms with E-state index >= 15 is 0 Å². The van der Waals surface area contributed by atoms with E-state index in [-0.39, 0.29) is 6.54 Å². The predicted molar refractivity (Wildman–Crippen MR) is 106 cm³/mol. The molecule has 0 saturated carbocycles. The molecule has 3 aromatic rings. The van der Waals surface area contributed by atoms with Crippen molar-refractivity contribution in [3.8, 4) is 5.82 Å². The van der Waals surface area contributed by atoms with Crippen LogP contribution in [0.2, 0.25) is 0 Å². The minimum atomic E-state index is -3.55. The summed E-state index contributed by atoms with van der Waals surface area (Å²) >= 11 is 0. The summed E-state index contributed by atoms with van der Waals surface area (Å²) in [5.74, 6) is 2.04. The molecule has 0 atom stereocenters. The van der Waals surface area contributed by atoms with Crippen LogP contribution in [0.4, 0.5) is 5.82 Å². The Morgan fingerprint density at radius 2 is 1.74 bits per heavy atom. The van der Waals surface area contributed by atoms with E-state index in [2.05, 4.69) is 20.0 Å². The smallest absolute Gasteiger partial charge is 0.240 e. The molecule has 0 aliphatic heterocycles. The second-order valence-corrected chi connectivity index (χ2v) is 8.08. The molecule has 0 radical (unpaired) electrons. The number of nitrogens with zero attached hydrogens (tertiary/aromatic N) is 3. The van der Waals surface area contributed by atoms with Crippen LogP contribution in [0, 0.1) is 20.8 Å². The van der Waals surface area contributed by atoms with Crippen LogP contribution in [-0.2, 0) is 10.0 Å². The normalized spacial score (nSPS) is 11.5. The molecular formula is C19H23N5O2S. The Balaban J connectivity index is 1.63.